The van der Waals surface area contributed by atoms with Gasteiger partial charge in [-0.2, -0.15) is 5.26 Å². The number of benzene rings is 2. The van der Waals surface area contributed by atoms with Gasteiger partial charge in [0.05, 0.1) is 17.1 Å². The Morgan fingerprint density at radius 1 is 1.08 bits per heavy atom. The topological polar surface area (TPSA) is 54.0 Å². The lowest BCUT2D eigenvalue weighted by molar-refractivity contribution is 0.939. The largest absolute Gasteiger partial charge is 0.270 e. The molecule has 5 heteroatoms. The number of aromatic nitrogens is 3. The maximum absolute atomic E-state index is 8.87. The van der Waals surface area contributed by atoms with Crippen LogP contribution in [0.15, 0.2) is 59.8 Å². The second-order valence-corrected chi connectivity index (χ2v) is 6.56. The third kappa shape index (κ3) is 2.51. The van der Waals surface area contributed by atoms with Crippen molar-refractivity contribution in [3.8, 4) is 6.07 Å². The van der Waals surface area contributed by atoms with Gasteiger partial charge in [-0.3, -0.25) is 4.40 Å². The lowest BCUT2D eigenvalue weighted by Crippen LogP contribution is -1.93. The summed E-state index contributed by atoms with van der Waals surface area (Å²) >= 11 is 1.65. The third-order valence-corrected chi connectivity index (χ3v) is 5.02. The third-order valence-electron chi connectivity index (χ3n) is 4.02. The zero-order valence-electron chi connectivity index (χ0n) is 13.1. The summed E-state index contributed by atoms with van der Waals surface area (Å²) in [5, 5.41) is 19.6. The van der Waals surface area contributed by atoms with Gasteiger partial charge in [-0.05, 0) is 42.3 Å². The van der Waals surface area contributed by atoms with E-state index in [1.54, 1.807) is 11.8 Å². The molecule has 0 aliphatic heterocycles. The summed E-state index contributed by atoms with van der Waals surface area (Å²) in [6.45, 7) is 2.10. The quantitative estimate of drug-likeness (QED) is 0.524. The van der Waals surface area contributed by atoms with Crippen molar-refractivity contribution in [2.24, 2.45) is 0 Å². The van der Waals surface area contributed by atoms with Gasteiger partial charge in [-0.1, -0.05) is 42.1 Å². The van der Waals surface area contributed by atoms with E-state index in [4.69, 9.17) is 5.26 Å². The molecule has 24 heavy (non-hydrogen) atoms. The summed E-state index contributed by atoms with van der Waals surface area (Å²) in [4.78, 5) is 0. The highest BCUT2D eigenvalue weighted by atomic mass is 32.2. The van der Waals surface area contributed by atoms with Gasteiger partial charge in [-0.25, -0.2) is 0 Å². The zero-order valence-corrected chi connectivity index (χ0v) is 13.9. The molecule has 4 aromatic rings. The molecule has 0 amide bonds. The molecule has 0 radical (unpaired) electrons. The predicted octanol–water partition coefficient (Wildman–Crippen LogP) is 4.35. The van der Waals surface area contributed by atoms with Gasteiger partial charge in [0, 0.05) is 11.1 Å². The Morgan fingerprint density at radius 2 is 1.88 bits per heavy atom. The summed E-state index contributed by atoms with van der Waals surface area (Å²) in [7, 11) is 0. The standard InChI is InChI=1S/C19H14N4S/c1-13-10-18-21-22-19(23(18)17-5-3-2-4-16(13)17)24-12-15-8-6-14(11-20)7-9-15/h2-10H,12H2,1H3. The minimum absolute atomic E-state index is 0.679. The van der Waals surface area contributed by atoms with E-state index in [9.17, 15) is 0 Å². The Labute approximate surface area is 143 Å². The van der Waals surface area contributed by atoms with E-state index in [-0.39, 0.29) is 0 Å². The first kappa shape index (κ1) is 14.7. The average molecular weight is 330 g/mol. The molecule has 0 saturated carbocycles. The minimum atomic E-state index is 0.679. The first-order valence-electron chi connectivity index (χ1n) is 7.61. The smallest absolute Gasteiger partial charge is 0.196 e. The Hall–Kier alpha value is -2.84. The van der Waals surface area contributed by atoms with Gasteiger partial charge in [0.2, 0.25) is 0 Å². The number of nitriles is 1. The summed E-state index contributed by atoms with van der Waals surface area (Å²) in [5.41, 5.74) is 5.04. The van der Waals surface area contributed by atoms with E-state index in [0.29, 0.717) is 5.56 Å². The molecular formula is C19H14N4S. The number of pyridine rings is 1. The Balaban J connectivity index is 1.72. The number of nitrogens with zero attached hydrogens (tertiary/aromatic N) is 4. The monoisotopic (exact) mass is 330 g/mol. The SMILES string of the molecule is Cc1cc2nnc(SCc3ccc(C#N)cc3)n2c2ccccc12. The Kier molecular flexibility index (Phi) is 3.68. The molecule has 0 atom stereocenters. The second kappa shape index (κ2) is 5.99. The summed E-state index contributed by atoms with van der Waals surface area (Å²) in [6, 6.07) is 20.2. The van der Waals surface area contributed by atoms with Crippen LogP contribution in [-0.2, 0) is 5.75 Å². The molecule has 4 nitrogen and oxygen atoms in total. The van der Waals surface area contributed by atoms with Crippen LogP contribution < -0.4 is 0 Å². The highest BCUT2D eigenvalue weighted by Crippen LogP contribution is 2.27. The maximum Gasteiger partial charge on any atom is 0.196 e. The summed E-state index contributed by atoms with van der Waals surface area (Å²) in [5.74, 6) is 0.786. The first-order chi connectivity index (χ1) is 11.8. The van der Waals surface area contributed by atoms with Crippen molar-refractivity contribution < 1.29 is 0 Å². The lowest BCUT2D eigenvalue weighted by Gasteiger charge is -2.07. The van der Waals surface area contributed by atoms with E-state index in [1.807, 2.05) is 30.3 Å². The molecule has 2 aromatic carbocycles. The number of rotatable bonds is 3. The second-order valence-electron chi connectivity index (χ2n) is 5.62. The van der Waals surface area contributed by atoms with Crippen molar-refractivity contribution in [1.29, 1.82) is 5.26 Å². The van der Waals surface area contributed by atoms with Crippen LogP contribution in [0.5, 0.6) is 0 Å². The van der Waals surface area contributed by atoms with E-state index in [0.717, 1.165) is 27.6 Å². The molecule has 0 aliphatic rings. The van der Waals surface area contributed by atoms with Crippen molar-refractivity contribution in [2.45, 2.75) is 17.8 Å². The number of para-hydroxylation sites is 1. The molecule has 0 fully saturated rings. The normalized spacial score (nSPS) is 11.0. The molecule has 0 saturated heterocycles. The molecule has 0 spiro atoms. The number of fused-ring (bicyclic) bond motifs is 3. The minimum Gasteiger partial charge on any atom is -0.270 e. The summed E-state index contributed by atoms with van der Waals surface area (Å²) in [6.07, 6.45) is 0. The van der Waals surface area contributed by atoms with E-state index in [2.05, 4.69) is 51.9 Å². The molecule has 2 heterocycles. The molecule has 0 N–H and O–H groups in total. The fourth-order valence-electron chi connectivity index (χ4n) is 2.79. The predicted molar refractivity (Wildman–Crippen MR) is 95.9 cm³/mol. The van der Waals surface area contributed by atoms with Crippen molar-refractivity contribution in [1.82, 2.24) is 14.6 Å². The number of thioether (sulfide) groups is 1. The molecule has 0 unspecified atom stereocenters. The molecule has 2 aromatic heterocycles. The molecule has 0 bridgehead atoms. The van der Waals surface area contributed by atoms with E-state index < -0.39 is 0 Å². The van der Waals surface area contributed by atoms with Crippen molar-refractivity contribution in [3.05, 3.63) is 71.3 Å². The van der Waals surface area contributed by atoms with Crippen LogP contribution in [0.3, 0.4) is 0 Å². The van der Waals surface area contributed by atoms with Crippen LogP contribution in [-0.4, -0.2) is 14.6 Å². The van der Waals surface area contributed by atoms with Gasteiger partial charge in [0.1, 0.15) is 0 Å². The number of hydrogen-bond donors (Lipinski definition) is 0. The van der Waals surface area contributed by atoms with Crippen molar-refractivity contribution in [2.75, 3.05) is 0 Å². The molecule has 116 valence electrons. The zero-order chi connectivity index (χ0) is 16.5. The summed E-state index contributed by atoms with van der Waals surface area (Å²) < 4.78 is 2.11. The Morgan fingerprint density at radius 3 is 2.67 bits per heavy atom. The van der Waals surface area contributed by atoms with Gasteiger partial charge in [0.15, 0.2) is 10.8 Å². The van der Waals surface area contributed by atoms with Crippen molar-refractivity contribution >= 4 is 28.3 Å². The highest BCUT2D eigenvalue weighted by molar-refractivity contribution is 7.98. The molecular weight excluding hydrogens is 316 g/mol. The van der Waals surface area contributed by atoms with Crippen LogP contribution in [0.25, 0.3) is 16.6 Å². The fraction of sp³-hybridized carbons (Fsp3) is 0.105. The first-order valence-corrected chi connectivity index (χ1v) is 8.60. The van der Waals surface area contributed by atoms with E-state index >= 15 is 0 Å². The Bertz CT molecular complexity index is 1070. The van der Waals surface area contributed by atoms with Crippen LogP contribution >= 0.6 is 11.8 Å². The number of aryl methyl sites for hydroxylation is 1. The van der Waals surface area contributed by atoms with Gasteiger partial charge in [0.25, 0.3) is 0 Å². The van der Waals surface area contributed by atoms with Crippen LogP contribution in [0.2, 0.25) is 0 Å². The van der Waals surface area contributed by atoms with Gasteiger partial charge in [-0.15, -0.1) is 10.2 Å². The van der Waals surface area contributed by atoms with Crippen LogP contribution in [0, 0.1) is 18.3 Å². The highest BCUT2D eigenvalue weighted by Gasteiger charge is 2.11. The van der Waals surface area contributed by atoms with Crippen LogP contribution in [0.4, 0.5) is 0 Å². The van der Waals surface area contributed by atoms with E-state index in [1.165, 1.54) is 10.9 Å². The average Bonchev–Trinajstić information content (AvgIpc) is 3.03. The molecule has 0 aliphatic carbocycles. The maximum atomic E-state index is 8.87. The fourth-order valence-corrected chi connectivity index (χ4v) is 3.70. The van der Waals surface area contributed by atoms with Crippen molar-refractivity contribution in [3.63, 3.8) is 0 Å². The molecule has 4 rings (SSSR count). The lowest BCUT2D eigenvalue weighted by atomic mass is 10.1. The van der Waals surface area contributed by atoms with Gasteiger partial charge >= 0.3 is 0 Å². The van der Waals surface area contributed by atoms with Crippen LogP contribution in [0.1, 0.15) is 16.7 Å². The number of hydrogen-bond acceptors (Lipinski definition) is 4. The van der Waals surface area contributed by atoms with Gasteiger partial charge < -0.3 is 0 Å².